The SMILES string of the molecule is Cc1ccc(C(=O)NCCC(C)Br)cc1[N+](=O)[O-]. The second-order valence-corrected chi connectivity index (χ2v) is 5.65. The lowest BCUT2D eigenvalue weighted by Gasteiger charge is -2.07. The summed E-state index contributed by atoms with van der Waals surface area (Å²) in [5.74, 6) is -0.286. The third-order valence-electron chi connectivity index (χ3n) is 2.50. The second kappa shape index (κ2) is 6.49. The molecule has 18 heavy (non-hydrogen) atoms. The fourth-order valence-electron chi connectivity index (χ4n) is 1.43. The Hall–Kier alpha value is -1.43. The van der Waals surface area contributed by atoms with E-state index in [4.69, 9.17) is 0 Å². The number of nitro benzene ring substituents is 1. The molecule has 0 aliphatic heterocycles. The van der Waals surface area contributed by atoms with E-state index < -0.39 is 4.92 Å². The molecule has 0 spiro atoms. The number of hydrogen-bond donors (Lipinski definition) is 1. The van der Waals surface area contributed by atoms with E-state index in [0.29, 0.717) is 22.5 Å². The van der Waals surface area contributed by atoms with Gasteiger partial charge in [0.2, 0.25) is 0 Å². The number of alkyl halides is 1. The summed E-state index contributed by atoms with van der Waals surface area (Å²) in [5.41, 5.74) is 0.830. The van der Waals surface area contributed by atoms with Crippen molar-refractivity contribution < 1.29 is 9.72 Å². The number of nitrogens with zero attached hydrogens (tertiary/aromatic N) is 1. The maximum Gasteiger partial charge on any atom is 0.273 e. The molecule has 1 unspecified atom stereocenters. The Morgan fingerprint density at radius 2 is 2.22 bits per heavy atom. The highest BCUT2D eigenvalue weighted by Gasteiger charge is 2.14. The molecule has 98 valence electrons. The largest absolute Gasteiger partial charge is 0.352 e. The summed E-state index contributed by atoms with van der Waals surface area (Å²) in [6, 6.07) is 4.48. The minimum Gasteiger partial charge on any atom is -0.352 e. The lowest BCUT2D eigenvalue weighted by Crippen LogP contribution is -2.25. The zero-order chi connectivity index (χ0) is 13.7. The quantitative estimate of drug-likeness (QED) is 0.516. The number of benzene rings is 1. The van der Waals surface area contributed by atoms with E-state index in [9.17, 15) is 14.9 Å². The standard InChI is InChI=1S/C12H15BrN2O3/c1-8-3-4-10(7-11(8)15(17)18)12(16)14-6-5-9(2)13/h3-4,7,9H,5-6H2,1-2H3,(H,14,16). The third kappa shape index (κ3) is 4.10. The molecule has 1 amide bonds. The molecule has 6 heteroatoms. The predicted molar refractivity (Wildman–Crippen MR) is 73.2 cm³/mol. The molecule has 0 saturated heterocycles. The minimum atomic E-state index is -0.479. The van der Waals surface area contributed by atoms with Crippen LogP contribution in [-0.4, -0.2) is 22.2 Å². The van der Waals surface area contributed by atoms with Crippen LogP contribution in [0.15, 0.2) is 18.2 Å². The second-order valence-electron chi connectivity index (χ2n) is 4.08. The van der Waals surface area contributed by atoms with Crippen LogP contribution in [-0.2, 0) is 0 Å². The summed E-state index contributed by atoms with van der Waals surface area (Å²) < 4.78 is 0. The Morgan fingerprint density at radius 3 is 2.78 bits per heavy atom. The molecule has 0 heterocycles. The number of carbonyl (C=O) groups is 1. The summed E-state index contributed by atoms with van der Waals surface area (Å²) in [5, 5.41) is 13.5. The molecule has 0 aliphatic carbocycles. The number of aryl methyl sites for hydroxylation is 1. The van der Waals surface area contributed by atoms with Crippen molar-refractivity contribution in [1.29, 1.82) is 0 Å². The van der Waals surface area contributed by atoms with Crippen LogP contribution < -0.4 is 5.32 Å². The number of halogens is 1. The first kappa shape index (κ1) is 14.6. The van der Waals surface area contributed by atoms with Crippen LogP contribution in [0.2, 0.25) is 0 Å². The number of nitrogens with one attached hydrogen (secondary N) is 1. The normalized spacial score (nSPS) is 11.9. The van der Waals surface area contributed by atoms with E-state index in [1.54, 1.807) is 19.1 Å². The first-order valence-electron chi connectivity index (χ1n) is 5.59. The monoisotopic (exact) mass is 314 g/mol. The molecular weight excluding hydrogens is 300 g/mol. The Morgan fingerprint density at radius 1 is 1.56 bits per heavy atom. The van der Waals surface area contributed by atoms with Gasteiger partial charge in [-0.3, -0.25) is 14.9 Å². The number of rotatable bonds is 5. The van der Waals surface area contributed by atoms with Crippen molar-refractivity contribution in [2.75, 3.05) is 6.54 Å². The highest BCUT2D eigenvalue weighted by atomic mass is 79.9. The molecule has 0 fully saturated rings. The van der Waals surface area contributed by atoms with Gasteiger partial charge in [0.05, 0.1) is 4.92 Å². The summed E-state index contributed by atoms with van der Waals surface area (Å²) in [4.78, 5) is 22.4. The molecule has 1 rings (SSSR count). The highest BCUT2D eigenvalue weighted by Crippen LogP contribution is 2.19. The van der Waals surface area contributed by atoms with Gasteiger partial charge in [0.15, 0.2) is 0 Å². The van der Waals surface area contributed by atoms with Gasteiger partial charge in [-0.05, 0) is 19.4 Å². The van der Waals surface area contributed by atoms with Gasteiger partial charge in [-0.2, -0.15) is 0 Å². The maximum atomic E-state index is 11.8. The van der Waals surface area contributed by atoms with Gasteiger partial charge in [0, 0.05) is 28.6 Å². The molecule has 0 bridgehead atoms. The zero-order valence-electron chi connectivity index (χ0n) is 10.3. The van der Waals surface area contributed by atoms with Crippen LogP contribution in [0, 0.1) is 17.0 Å². The average molecular weight is 315 g/mol. The van der Waals surface area contributed by atoms with E-state index in [-0.39, 0.29) is 11.6 Å². The van der Waals surface area contributed by atoms with E-state index in [0.717, 1.165) is 6.42 Å². The van der Waals surface area contributed by atoms with Crippen LogP contribution in [0.3, 0.4) is 0 Å². The van der Waals surface area contributed by atoms with Crippen LogP contribution >= 0.6 is 15.9 Å². The van der Waals surface area contributed by atoms with Crippen LogP contribution in [0.25, 0.3) is 0 Å². The Bertz CT molecular complexity index is 461. The van der Waals surface area contributed by atoms with Gasteiger partial charge in [0.1, 0.15) is 0 Å². The molecule has 0 radical (unpaired) electrons. The molecule has 1 atom stereocenters. The molecular formula is C12H15BrN2O3. The first-order chi connectivity index (χ1) is 8.41. The summed E-state index contributed by atoms with van der Waals surface area (Å²) in [6.07, 6.45) is 0.805. The van der Waals surface area contributed by atoms with Crippen molar-refractivity contribution in [3.8, 4) is 0 Å². The van der Waals surface area contributed by atoms with Crippen molar-refractivity contribution in [3.63, 3.8) is 0 Å². The highest BCUT2D eigenvalue weighted by molar-refractivity contribution is 9.09. The van der Waals surface area contributed by atoms with E-state index in [1.165, 1.54) is 6.07 Å². The van der Waals surface area contributed by atoms with Crippen molar-refractivity contribution >= 4 is 27.5 Å². The molecule has 0 aliphatic rings. The van der Waals surface area contributed by atoms with Gasteiger partial charge < -0.3 is 5.32 Å². The molecule has 1 aromatic rings. The third-order valence-corrected chi connectivity index (χ3v) is 2.95. The Balaban J connectivity index is 2.74. The fourth-order valence-corrected chi connectivity index (χ4v) is 1.66. The van der Waals surface area contributed by atoms with Crippen molar-refractivity contribution in [1.82, 2.24) is 5.32 Å². The van der Waals surface area contributed by atoms with E-state index >= 15 is 0 Å². The number of carbonyl (C=O) groups excluding carboxylic acids is 1. The zero-order valence-corrected chi connectivity index (χ0v) is 11.9. The van der Waals surface area contributed by atoms with E-state index in [2.05, 4.69) is 21.2 Å². The molecule has 0 saturated carbocycles. The topological polar surface area (TPSA) is 72.2 Å². The lowest BCUT2D eigenvalue weighted by atomic mass is 10.1. The van der Waals surface area contributed by atoms with Crippen molar-refractivity contribution in [3.05, 3.63) is 39.4 Å². The molecule has 0 aromatic heterocycles. The lowest BCUT2D eigenvalue weighted by molar-refractivity contribution is -0.385. The number of amides is 1. The van der Waals surface area contributed by atoms with Crippen molar-refractivity contribution in [2.24, 2.45) is 0 Å². The van der Waals surface area contributed by atoms with Crippen LogP contribution in [0.5, 0.6) is 0 Å². The first-order valence-corrected chi connectivity index (χ1v) is 6.50. The molecule has 5 nitrogen and oxygen atoms in total. The summed E-state index contributed by atoms with van der Waals surface area (Å²) in [7, 11) is 0. The summed E-state index contributed by atoms with van der Waals surface area (Å²) >= 11 is 3.38. The smallest absolute Gasteiger partial charge is 0.273 e. The minimum absolute atomic E-state index is 0.0310. The van der Waals surface area contributed by atoms with E-state index in [1.807, 2.05) is 6.92 Å². The number of nitro groups is 1. The Kier molecular flexibility index (Phi) is 5.27. The molecule has 1 aromatic carbocycles. The number of hydrogen-bond acceptors (Lipinski definition) is 3. The van der Waals surface area contributed by atoms with Gasteiger partial charge in [-0.25, -0.2) is 0 Å². The van der Waals surface area contributed by atoms with Gasteiger partial charge in [-0.15, -0.1) is 0 Å². The molecule has 1 N–H and O–H groups in total. The fraction of sp³-hybridized carbons (Fsp3) is 0.417. The van der Waals surface area contributed by atoms with Gasteiger partial charge in [-0.1, -0.05) is 28.9 Å². The predicted octanol–water partition coefficient (Wildman–Crippen LogP) is 2.81. The Labute approximate surface area is 114 Å². The van der Waals surface area contributed by atoms with Crippen LogP contribution in [0.1, 0.15) is 29.3 Å². The average Bonchev–Trinajstić information content (AvgIpc) is 2.28. The van der Waals surface area contributed by atoms with Gasteiger partial charge >= 0.3 is 0 Å². The van der Waals surface area contributed by atoms with Crippen molar-refractivity contribution in [2.45, 2.75) is 25.1 Å². The van der Waals surface area contributed by atoms with Crippen LogP contribution in [0.4, 0.5) is 5.69 Å². The van der Waals surface area contributed by atoms with Gasteiger partial charge in [0.25, 0.3) is 11.6 Å². The summed E-state index contributed by atoms with van der Waals surface area (Å²) in [6.45, 7) is 4.17. The maximum absolute atomic E-state index is 11.8.